The molecule has 4 unspecified atom stereocenters. The van der Waals surface area contributed by atoms with Crippen molar-refractivity contribution < 1.29 is 33.5 Å². The van der Waals surface area contributed by atoms with Gasteiger partial charge in [-0.15, -0.1) is 0 Å². The first kappa shape index (κ1) is 53.2. The van der Waals surface area contributed by atoms with Crippen LogP contribution in [-0.4, -0.2) is 59.0 Å². The summed E-state index contributed by atoms with van der Waals surface area (Å²) in [4.78, 5) is 22.7. The number of nitrogens with one attached hydrogen (secondary N) is 1. The van der Waals surface area contributed by atoms with Crippen molar-refractivity contribution in [1.82, 2.24) is 5.32 Å². The third kappa shape index (κ3) is 38.1. The number of aliphatic hydroxyl groups is 2. The van der Waals surface area contributed by atoms with Gasteiger partial charge in [0.2, 0.25) is 5.91 Å². The monoisotopic (exact) mass is 789 g/mol. The third-order valence-corrected chi connectivity index (χ3v) is 11.4. The molecule has 0 aliphatic carbocycles. The van der Waals surface area contributed by atoms with Gasteiger partial charge in [0.25, 0.3) is 0 Å². The standard InChI is InChI=1S/C44H89N2O7P/c1-3-5-7-9-11-13-15-16-17-18-19-20-21-22-23-24-26-28-30-32-34-36-43(48)42(40-53-54(50,51)52-38-37-45)46-44(49)39-41(47)35-33-31-29-27-25-14-12-10-8-6-4-2/h34,36,41-43,47-48H,3-33,35,37-40,45H2,1-2H3,(H,46,49)(H,50,51)/b36-34+. The van der Waals surface area contributed by atoms with E-state index in [4.69, 9.17) is 14.8 Å². The number of carbonyl (C=O) groups is 1. The highest BCUT2D eigenvalue weighted by atomic mass is 31.2. The molecular weight excluding hydrogens is 699 g/mol. The molecule has 0 aromatic heterocycles. The minimum absolute atomic E-state index is 0.0515. The fraction of sp³-hybridized carbons (Fsp3) is 0.932. The zero-order valence-electron chi connectivity index (χ0n) is 35.3. The van der Waals surface area contributed by atoms with Crippen LogP contribution >= 0.6 is 7.82 Å². The van der Waals surface area contributed by atoms with E-state index in [0.29, 0.717) is 6.42 Å². The number of phosphoric acid groups is 1. The molecule has 0 heterocycles. The van der Waals surface area contributed by atoms with E-state index >= 15 is 0 Å². The molecule has 6 N–H and O–H groups in total. The Balaban J connectivity index is 4.23. The summed E-state index contributed by atoms with van der Waals surface area (Å²) in [6, 6.07) is -0.977. The zero-order chi connectivity index (χ0) is 39.8. The van der Waals surface area contributed by atoms with Gasteiger partial charge in [-0.2, -0.15) is 0 Å². The largest absolute Gasteiger partial charge is 0.472 e. The van der Waals surface area contributed by atoms with E-state index in [1.54, 1.807) is 6.08 Å². The Morgan fingerprint density at radius 1 is 0.630 bits per heavy atom. The molecule has 54 heavy (non-hydrogen) atoms. The minimum Gasteiger partial charge on any atom is -0.393 e. The van der Waals surface area contributed by atoms with Gasteiger partial charge in [-0.05, 0) is 19.3 Å². The molecule has 1 amide bonds. The second kappa shape index (κ2) is 40.4. The van der Waals surface area contributed by atoms with Crippen LogP contribution in [0.5, 0.6) is 0 Å². The molecule has 0 rings (SSSR count). The van der Waals surface area contributed by atoms with Crippen LogP contribution in [0.2, 0.25) is 0 Å². The van der Waals surface area contributed by atoms with Crippen LogP contribution in [0.25, 0.3) is 0 Å². The maximum atomic E-state index is 12.8. The molecular formula is C44H89N2O7P. The molecule has 9 nitrogen and oxygen atoms in total. The molecule has 0 aliphatic heterocycles. The predicted octanol–water partition coefficient (Wildman–Crippen LogP) is 11.8. The van der Waals surface area contributed by atoms with Crippen molar-refractivity contribution >= 4 is 13.7 Å². The van der Waals surface area contributed by atoms with E-state index in [1.165, 1.54) is 161 Å². The lowest BCUT2D eigenvalue weighted by Gasteiger charge is -2.24. The SMILES string of the molecule is CCCCCCCCCCCCCCCCCCCCC/C=C/C(O)C(COP(=O)(O)OCCN)NC(=O)CC(O)CCCCCCCCCCCCC. The summed E-state index contributed by atoms with van der Waals surface area (Å²) >= 11 is 0. The topological polar surface area (TPSA) is 151 Å². The summed E-state index contributed by atoms with van der Waals surface area (Å²) in [6.07, 6.45) is 41.6. The van der Waals surface area contributed by atoms with Crippen LogP contribution in [0.1, 0.15) is 226 Å². The quantitative estimate of drug-likeness (QED) is 0.0233. The lowest BCUT2D eigenvalue weighted by atomic mass is 10.0. The van der Waals surface area contributed by atoms with Gasteiger partial charge in [0.05, 0.1) is 37.9 Å². The Kier molecular flexibility index (Phi) is 39.8. The van der Waals surface area contributed by atoms with Gasteiger partial charge in [-0.3, -0.25) is 13.8 Å². The first-order chi connectivity index (χ1) is 26.3. The van der Waals surface area contributed by atoms with Crippen LogP contribution in [-0.2, 0) is 18.4 Å². The van der Waals surface area contributed by atoms with Crippen molar-refractivity contribution in [3.63, 3.8) is 0 Å². The first-order valence-electron chi connectivity index (χ1n) is 22.9. The van der Waals surface area contributed by atoms with Gasteiger partial charge in [0, 0.05) is 6.54 Å². The lowest BCUT2D eigenvalue weighted by Crippen LogP contribution is -2.46. The molecule has 0 fully saturated rings. The van der Waals surface area contributed by atoms with Gasteiger partial charge < -0.3 is 26.2 Å². The predicted molar refractivity (Wildman–Crippen MR) is 228 cm³/mol. The fourth-order valence-electron chi connectivity index (χ4n) is 6.94. The number of amides is 1. The third-order valence-electron chi connectivity index (χ3n) is 10.4. The van der Waals surface area contributed by atoms with Crippen molar-refractivity contribution in [1.29, 1.82) is 0 Å². The van der Waals surface area contributed by atoms with E-state index in [2.05, 4.69) is 19.2 Å². The molecule has 0 saturated carbocycles. The maximum absolute atomic E-state index is 12.8. The number of allylic oxidation sites excluding steroid dienone is 1. The first-order valence-corrected chi connectivity index (χ1v) is 24.4. The minimum atomic E-state index is -4.39. The number of rotatable bonds is 43. The van der Waals surface area contributed by atoms with Crippen molar-refractivity contribution in [3.8, 4) is 0 Å². The highest BCUT2D eigenvalue weighted by Crippen LogP contribution is 2.43. The normalized spacial score (nSPS) is 14.7. The number of aliphatic hydroxyl groups excluding tert-OH is 2. The summed E-state index contributed by atoms with van der Waals surface area (Å²) in [5.74, 6) is -0.443. The average molecular weight is 789 g/mol. The van der Waals surface area contributed by atoms with Gasteiger partial charge in [0.1, 0.15) is 0 Å². The highest BCUT2D eigenvalue weighted by Gasteiger charge is 2.27. The Morgan fingerprint density at radius 2 is 1.02 bits per heavy atom. The van der Waals surface area contributed by atoms with Crippen LogP contribution in [0.3, 0.4) is 0 Å². The van der Waals surface area contributed by atoms with E-state index in [0.717, 1.165) is 38.5 Å². The summed E-state index contributed by atoms with van der Waals surface area (Å²) < 4.78 is 22.1. The summed E-state index contributed by atoms with van der Waals surface area (Å²) in [6.45, 7) is 3.98. The highest BCUT2D eigenvalue weighted by molar-refractivity contribution is 7.47. The second-order valence-corrected chi connectivity index (χ2v) is 17.3. The summed E-state index contributed by atoms with van der Waals surface area (Å²) in [7, 11) is -4.39. The van der Waals surface area contributed by atoms with Crippen molar-refractivity contribution in [3.05, 3.63) is 12.2 Å². The molecule has 0 aliphatic rings. The maximum Gasteiger partial charge on any atom is 0.472 e. The molecule has 0 aromatic carbocycles. The molecule has 0 radical (unpaired) electrons. The Morgan fingerprint density at radius 3 is 1.43 bits per heavy atom. The van der Waals surface area contributed by atoms with Gasteiger partial charge in [-0.1, -0.05) is 212 Å². The molecule has 0 spiro atoms. The van der Waals surface area contributed by atoms with Crippen molar-refractivity contribution in [2.24, 2.45) is 5.73 Å². The smallest absolute Gasteiger partial charge is 0.393 e. The Labute approximate surface area is 333 Å². The zero-order valence-corrected chi connectivity index (χ0v) is 36.2. The molecule has 0 bridgehead atoms. The van der Waals surface area contributed by atoms with E-state index in [1.807, 2.05) is 6.08 Å². The second-order valence-electron chi connectivity index (χ2n) is 15.8. The molecule has 0 aromatic rings. The Hall–Kier alpha value is -0.800. The molecule has 0 saturated heterocycles. The number of unbranched alkanes of at least 4 members (excludes halogenated alkanes) is 29. The number of phosphoric ester groups is 1. The van der Waals surface area contributed by atoms with Gasteiger partial charge in [0.15, 0.2) is 0 Å². The van der Waals surface area contributed by atoms with Crippen molar-refractivity contribution in [2.75, 3.05) is 19.8 Å². The average Bonchev–Trinajstić information content (AvgIpc) is 3.15. The van der Waals surface area contributed by atoms with Crippen LogP contribution in [0.15, 0.2) is 12.2 Å². The van der Waals surface area contributed by atoms with Crippen LogP contribution in [0.4, 0.5) is 0 Å². The number of nitrogens with two attached hydrogens (primary N) is 1. The van der Waals surface area contributed by atoms with E-state index in [-0.39, 0.29) is 19.6 Å². The van der Waals surface area contributed by atoms with Crippen LogP contribution < -0.4 is 11.1 Å². The summed E-state index contributed by atoms with van der Waals surface area (Å²) in [5.41, 5.74) is 5.36. The van der Waals surface area contributed by atoms with Crippen LogP contribution in [0, 0.1) is 0 Å². The van der Waals surface area contributed by atoms with E-state index in [9.17, 15) is 24.5 Å². The van der Waals surface area contributed by atoms with Gasteiger partial charge >= 0.3 is 7.82 Å². The lowest BCUT2D eigenvalue weighted by molar-refractivity contribution is -0.124. The number of carbonyl (C=O) groups excluding carboxylic acids is 1. The molecule has 4 atom stereocenters. The van der Waals surface area contributed by atoms with Crippen molar-refractivity contribution in [2.45, 2.75) is 244 Å². The fourth-order valence-corrected chi connectivity index (χ4v) is 7.70. The van der Waals surface area contributed by atoms with E-state index < -0.39 is 38.6 Å². The molecule has 322 valence electrons. The Bertz CT molecular complexity index is 878. The molecule has 10 heteroatoms. The summed E-state index contributed by atoms with van der Waals surface area (Å²) in [5, 5.41) is 24.0. The van der Waals surface area contributed by atoms with Gasteiger partial charge in [-0.25, -0.2) is 4.57 Å². The number of hydrogen-bond acceptors (Lipinski definition) is 7. The number of hydrogen-bond donors (Lipinski definition) is 5.